The fourth-order valence-corrected chi connectivity index (χ4v) is 2.25. The third kappa shape index (κ3) is 3.76. The van der Waals surface area contributed by atoms with Crippen LogP contribution in [0, 0.1) is 0 Å². The molecular weight excluding hydrogens is 298 g/mol. The summed E-state index contributed by atoms with van der Waals surface area (Å²) in [5.41, 5.74) is 2.08. The molecule has 0 aliphatic rings. The van der Waals surface area contributed by atoms with Gasteiger partial charge in [-0.2, -0.15) is 0 Å². The van der Waals surface area contributed by atoms with E-state index in [1.165, 1.54) is 12.3 Å². The average molecular weight is 313 g/mol. The summed E-state index contributed by atoms with van der Waals surface area (Å²) in [5, 5.41) is 7.06. The monoisotopic (exact) mass is 313 g/mol. The number of benzene rings is 1. The van der Waals surface area contributed by atoms with E-state index in [2.05, 4.69) is 20.0 Å². The quantitative estimate of drug-likeness (QED) is 0.680. The molecule has 0 saturated carbocycles. The molecule has 0 radical (unpaired) electrons. The number of anilines is 1. The molecule has 1 amide bonds. The van der Waals surface area contributed by atoms with E-state index in [1.807, 2.05) is 30.5 Å². The Morgan fingerprint density at radius 3 is 2.96 bits per heavy atom. The van der Waals surface area contributed by atoms with Gasteiger partial charge in [-0.1, -0.05) is 23.4 Å². The van der Waals surface area contributed by atoms with Crippen molar-refractivity contribution >= 4 is 28.6 Å². The molecule has 0 aliphatic carbocycles. The lowest BCUT2D eigenvalue weighted by molar-refractivity contribution is -0.147. The summed E-state index contributed by atoms with van der Waals surface area (Å²) < 4.78 is 9.52. The maximum atomic E-state index is 11.7. The number of aromatic amines is 1. The van der Waals surface area contributed by atoms with E-state index >= 15 is 0 Å². The van der Waals surface area contributed by atoms with Crippen LogP contribution in [0.5, 0.6) is 0 Å². The van der Waals surface area contributed by atoms with Crippen molar-refractivity contribution < 1.29 is 18.8 Å². The van der Waals surface area contributed by atoms with Crippen molar-refractivity contribution in [1.29, 1.82) is 0 Å². The Morgan fingerprint density at radius 2 is 2.13 bits per heavy atom. The number of esters is 1. The van der Waals surface area contributed by atoms with Crippen molar-refractivity contribution in [3.63, 3.8) is 0 Å². The van der Waals surface area contributed by atoms with Crippen LogP contribution in [-0.4, -0.2) is 28.6 Å². The number of nitrogens with zero attached hydrogens (tertiary/aromatic N) is 1. The Kier molecular flexibility index (Phi) is 4.37. The smallest absolute Gasteiger partial charge is 0.306 e. The van der Waals surface area contributed by atoms with Gasteiger partial charge in [-0.3, -0.25) is 9.59 Å². The predicted molar refractivity (Wildman–Crippen MR) is 82.7 cm³/mol. The first kappa shape index (κ1) is 14.8. The lowest BCUT2D eigenvalue weighted by Gasteiger charge is -2.04. The van der Waals surface area contributed by atoms with E-state index < -0.39 is 11.9 Å². The van der Waals surface area contributed by atoms with E-state index in [-0.39, 0.29) is 18.8 Å². The fraction of sp³-hybridized carbons (Fsp3) is 0.188. The van der Waals surface area contributed by atoms with Gasteiger partial charge in [0, 0.05) is 29.6 Å². The molecule has 3 aromatic rings. The maximum absolute atomic E-state index is 11.7. The first-order valence-electron chi connectivity index (χ1n) is 7.13. The standard InChI is InChI=1S/C16H15N3O4/c20-15(18-14-7-8-23-19-14)10-22-16(21)6-5-11-9-17-13-4-2-1-3-12(11)13/h1-4,7-9,17H,5-6,10H2,(H,18,19,20). The number of H-pyrrole nitrogens is 1. The van der Waals surface area contributed by atoms with Gasteiger partial charge in [0.25, 0.3) is 5.91 Å². The molecule has 0 unspecified atom stereocenters. The summed E-state index contributed by atoms with van der Waals surface area (Å²) in [5.74, 6) is -0.602. The Labute approximate surface area is 131 Å². The van der Waals surface area contributed by atoms with Crippen LogP contribution in [0.2, 0.25) is 0 Å². The SMILES string of the molecule is O=C(COC(=O)CCc1c[nH]c2ccccc12)Nc1ccon1. The number of nitrogens with one attached hydrogen (secondary N) is 2. The van der Waals surface area contributed by atoms with Gasteiger partial charge in [-0.05, 0) is 18.1 Å². The highest BCUT2D eigenvalue weighted by atomic mass is 16.5. The summed E-state index contributed by atoms with van der Waals surface area (Å²) in [6.45, 7) is -0.348. The highest BCUT2D eigenvalue weighted by molar-refractivity contribution is 5.91. The van der Waals surface area contributed by atoms with Gasteiger partial charge in [0.15, 0.2) is 12.4 Å². The zero-order chi connectivity index (χ0) is 16.1. The first-order valence-corrected chi connectivity index (χ1v) is 7.13. The largest absolute Gasteiger partial charge is 0.456 e. The number of amides is 1. The molecule has 7 nitrogen and oxygen atoms in total. The zero-order valence-electron chi connectivity index (χ0n) is 12.2. The van der Waals surface area contributed by atoms with Gasteiger partial charge in [0.2, 0.25) is 0 Å². The van der Waals surface area contributed by atoms with E-state index in [1.54, 1.807) is 0 Å². The van der Waals surface area contributed by atoms with Crippen LogP contribution in [0.4, 0.5) is 5.82 Å². The normalized spacial score (nSPS) is 10.6. The van der Waals surface area contributed by atoms with Crippen molar-refractivity contribution in [2.75, 3.05) is 11.9 Å². The molecule has 1 aromatic carbocycles. The van der Waals surface area contributed by atoms with Crippen LogP contribution in [0.3, 0.4) is 0 Å². The number of aromatic nitrogens is 2. The second-order valence-electron chi connectivity index (χ2n) is 4.95. The number of fused-ring (bicyclic) bond motifs is 1. The molecule has 2 aromatic heterocycles. The highest BCUT2D eigenvalue weighted by Gasteiger charge is 2.10. The van der Waals surface area contributed by atoms with Crippen molar-refractivity contribution in [2.24, 2.45) is 0 Å². The van der Waals surface area contributed by atoms with Gasteiger partial charge in [-0.25, -0.2) is 0 Å². The first-order chi connectivity index (χ1) is 11.2. The molecule has 0 atom stereocenters. The third-order valence-corrected chi connectivity index (χ3v) is 3.34. The lowest BCUT2D eigenvalue weighted by Crippen LogP contribution is -2.21. The highest BCUT2D eigenvalue weighted by Crippen LogP contribution is 2.19. The molecule has 3 rings (SSSR count). The van der Waals surface area contributed by atoms with E-state index in [9.17, 15) is 9.59 Å². The molecule has 0 spiro atoms. The van der Waals surface area contributed by atoms with Gasteiger partial charge in [0.05, 0.1) is 0 Å². The fourth-order valence-electron chi connectivity index (χ4n) is 2.25. The summed E-state index contributed by atoms with van der Waals surface area (Å²) in [4.78, 5) is 26.4. The maximum Gasteiger partial charge on any atom is 0.306 e. The molecular formula is C16H15N3O4. The number of aryl methyl sites for hydroxylation is 1. The molecule has 2 N–H and O–H groups in total. The second kappa shape index (κ2) is 6.78. The summed E-state index contributed by atoms with van der Waals surface area (Å²) in [7, 11) is 0. The van der Waals surface area contributed by atoms with E-state index in [0.29, 0.717) is 6.42 Å². The second-order valence-corrected chi connectivity index (χ2v) is 4.95. The van der Waals surface area contributed by atoms with Crippen LogP contribution in [0.15, 0.2) is 47.3 Å². The van der Waals surface area contributed by atoms with Crippen LogP contribution < -0.4 is 5.32 Å². The molecule has 23 heavy (non-hydrogen) atoms. The van der Waals surface area contributed by atoms with Gasteiger partial charge in [0.1, 0.15) is 6.26 Å². The number of ether oxygens (including phenoxy) is 1. The zero-order valence-corrected chi connectivity index (χ0v) is 12.2. The van der Waals surface area contributed by atoms with Crippen molar-refractivity contribution in [3.8, 4) is 0 Å². The topological polar surface area (TPSA) is 97.2 Å². The van der Waals surface area contributed by atoms with Crippen LogP contribution in [0.25, 0.3) is 10.9 Å². The number of para-hydroxylation sites is 1. The van der Waals surface area contributed by atoms with Crippen molar-refractivity contribution in [3.05, 3.63) is 48.4 Å². The van der Waals surface area contributed by atoms with Crippen molar-refractivity contribution in [1.82, 2.24) is 10.1 Å². The average Bonchev–Trinajstić information content (AvgIpc) is 3.20. The van der Waals surface area contributed by atoms with E-state index in [0.717, 1.165) is 16.5 Å². The Morgan fingerprint density at radius 1 is 1.26 bits per heavy atom. The number of hydrogen-bond donors (Lipinski definition) is 2. The number of carbonyl (C=O) groups is 2. The summed E-state index contributed by atoms with van der Waals surface area (Å²) in [6.07, 6.45) is 3.98. The van der Waals surface area contributed by atoms with Gasteiger partial charge < -0.3 is 19.6 Å². The number of carbonyl (C=O) groups excluding carboxylic acids is 2. The molecule has 118 valence electrons. The molecule has 0 fully saturated rings. The van der Waals surface area contributed by atoms with Gasteiger partial charge in [-0.15, -0.1) is 0 Å². The minimum atomic E-state index is -0.459. The third-order valence-electron chi connectivity index (χ3n) is 3.34. The minimum absolute atomic E-state index is 0.207. The molecule has 2 heterocycles. The predicted octanol–water partition coefficient (Wildman–Crippen LogP) is 2.27. The summed E-state index contributed by atoms with van der Waals surface area (Å²) >= 11 is 0. The Balaban J connectivity index is 1.45. The Bertz CT molecular complexity index is 808. The molecule has 7 heteroatoms. The molecule has 0 bridgehead atoms. The van der Waals surface area contributed by atoms with E-state index in [4.69, 9.17) is 4.74 Å². The Hall–Kier alpha value is -3.09. The van der Waals surface area contributed by atoms with Crippen molar-refractivity contribution in [2.45, 2.75) is 12.8 Å². The number of rotatable bonds is 6. The molecule has 0 saturated heterocycles. The molecule has 0 aliphatic heterocycles. The van der Waals surface area contributed by atoms with Crippen LogP contribution >= 0.6 is 0 Å². The summed E-state index contributed by atoms with van der Waals surface area (Å²) in [6, 6.07) is 9.37. The van der Waals surface area contributed by atoms with Crippen LogP contribution in [0.1, 0.15) is 12.0 Å². The van der Waals surface area contributed by atoms with Gasteiger partial charge >= 0.3 is 5.97 Å². The number of hydrogen-bond acceptors (Lipinski definition) is 5. The minimum Gasteiger partial charge on any atom is -0.456 e. The van der Waals surface area contributed by atoms with Crippen LogP contribution in [-0.2, 0) is 20.7 Å². The lowest BCUT2D eigenvalue weighted by atomic mass is 10.1.